The molecule has 0 aliphatic carbocycles. The summed E-state index contributed by atoms with van der Waals surface area (Å²) >= 11 is 11.5. The van der Waals surface area contributed by atoms with E-state index in [0.29, 0.717) is 0 Å². The molecule has 0 heterocycles. The van der Waals surface area contributed by atoms with Gasteiger partial charge in [-0.15, -0.1) is 0 Å². The third-order valence-electron chi connectivity index (χ3n) is 3.22. The number of rotatable bonds is 5. The minimum Gasteiger partial charge on any atom is -0.449 e. The van der Waals surface area contributed by atoms with Crippen LogP contribution in [0.2, 0.25) is 10.0 Å². The lowest BCUT2D eigenvalue weighted by Gasteiger charge is -2.14. The molecule has 1 atom stereocenters. The van der Waals surface area contributed by atoms with Crippen molar-refractivity contribution in [2.45, 2.75) is 13.0 Å². The fourth-order valence-corrected chi connectivity index (χ4v) is 2.29. The Kier molecular flexibility index (Phi) is 6.12. The summed E-state index contributed by atoms with van der Waals surface area (Å²) in [6.45, 7) is 1.30. The van der Waals surface area contributed by atoms with E-state index in [4.69, 9.17) is 27.9 Å². The zero-order valence-electron chi connectivity index (χ0n) is 13.2. The molecule has 26 heavy (non-hydrogen) atoms. The molecule has 0 aliphatic heterocycles. The molecule has 1 amide bonds. The minimum atomic E-state index is -1.24. The quantitative estimate of drug-likeness (QED) is 0.460. The molecule has 0 saturated heterocycles. The molecule has 0 aliphatic rings. The number of ether oxygens (including phenoxy) is 1. The summed E-state index contributed by atoms with van der Waals surface area (Å²) in [5, 5.41) is 13.1. The zero-order valence-corrected chi connectivity index (χ0v) is 14.7. The highest BCUT2D eigenvalue weighted by atomic mass is 35.5. The molecule has 2 aromatic carbocycles. The molecule has 10 heteroatoms. The van der Waals surface area contributed by atoms with Gasteiger partial charge in [-0.05, 0) is 37.3 Å². The molecule has 0 fully saturated rings. The largest absolute Gasteiger partial charge is 0.449 e. The Morgan fingerprint density at radius 3 is 2.50 bits per heavy atom. The first-order valence-corrected chi connectivity index (χ1v) is 7.85. The molecule has 1 N–H and O–H groups in total. The summed E-state index contributed by atoms with van der Waals surface area (Å²) in [4.78, 5) is 34.2. The van der Waals surface area contributed by atoms with Gasteiger partial charge >= 0.3 is 5.97 Å². The van der Waals surface area contributed by atoms with Gasteiger partial charge in [-0.1, -0.05) is 23.2 Å². The van der Waals surface area contributed by atoms with Gasteiger partial charge in [0.25, 0.3) is 11.6 Å². The van der Waals surface area contributed by atoms with Gasteiger partial charge in [0, 0.05) is 6.07 Å². The summed E-state index contributed by atoms with van der Waals surface area (Å²) < 4.78 is 18.0. The highest BCUT2D eigenvalue weighted by Crippen LogP contribution is 2.26. The first kappa shape index (κ1) is 19.6. The monoisotopic (exact) mass is 400 g/mol. The second-order valence-electron chi connectivity index (χ2n) is 5.08. The van der Waals surface area contributed by atoms with Crippen LogP contribution in [0.1, 0.15) is 17.3 Å². The SMILES string of the molecule is C[C@H](OC(=O)c1ccc(Cl)c([N+](=O)[O-])c1)C(=O)Nc1ccc(F)cc1Cl. The van der Waals surface area contributed by atoms with E-state index in [0.717, 1.165) is 18.2 Å². The number of nitro groups is 1. The van der Waals surface area contributed by atoms with Crippen LogP contribution >= 0.6 is 23.2 Å². The van der Waals surface area contributed by atoms with Crippen LogP contribution in [-0.4, -0.2) is 22.9 Å². The average molecular weight is 401 g/mol. The molecule has 2 rings (SSSR count). The Bertz CT molecular complexity index is 891. The smallest absolute Gasteiger partial charge is 0.339 e. The number of carbonyl (C=O) groups excluding carboxylic acids is 2. The van der Waals surface area contributed by atoms with Crippen molar-refractivity contribution in [3.63, 3.8) is 0 Å². The van der Waals surface area contributed by atoms with Crippen LogP contribution in [0.15, 0.2) is 36.4 Å². The van der Waals surface area contributed by atoms with Crippen LogP contribution in [0.4, 0.5) is 15.8 Å². The van der Waals surface area contributed by atoms with Crippen molar-refractivity contribution in [3.05, 3.63) is 67.9 Å². The lowest BCUT2D eigenvalue weighted by atomic mass is 10.2. The Hall–Kier alpha value is -2.71. The van der Waals surface area contributed by atoms with Gasteiger partial charge in [0.05, 0.1) is 21.2 Å². The molecule has 0 unspecified atom stereocenters. The Labute approximate surface area is 156 Å². The maximum atomic E-state index is 13.0. The van der Waals surface area contributed by atoms with E-state index in [-0.39, 0.29) is 21.3 Å². The molecule has 2 aromatic rings. The van der Waals surface area contributed by atoms with Gasteiger partial charge < -0.3 is 10.1 Å². The lowest BCUT2D eigenvalue weighted by molar-refractivity contribution is -0.384. The highest BCUT2D eigenvalue weighted by molar-refractivity contribution is 6.33. The van der Waals surface area contributed by atoms with Gasteiger partial charge in [-0.3, -0.25) is 14.9 Å². The number of nitrogens with one attached hydrogen (secondary N) is 1. The average Bonchev–Trinajstić information content (AvgIpc) is 2.57. The van der Waals surface area contributed by atoms with Crippen molar-refractivity contribution in [2.24, 2.45) is 0 Å². The third-order valence-corrected chi connectivity index (χ3v) is 3.85. The number of esters is 1. The van der Waals surface area contributed by atoms with E-state index in [1.807, 2.05) is 0 Å². The fourth-order valence-electron chi connectivity index (χ4n) is 1.89. The number of nitro benzene ring substituents is 1. The van der Waals surface area contributed by atoms with Crippen molar-refractivity contribution >= 4 is 46.5 Å². The highest BCUT2D eigenvalue weighted by Gasteiger charge is 2.22. The molecule has 0 spiro atoms. The standard InChI is InChI=1S/C16H11Cl2FN2O5/c1-8(15(22)20-13-5-3-10(19)7-12(13)18)26-16(23)9-2-4-11(17)14(6-9)21(24)25/h2-8H,1H3,(H,20,22)/t8-/m0/s1. The summed E-state index contributed by atoms with van der Waals surface area (Å²) in [6, 6.07) is 6.74. The fraction of sp³-hybridized carbons (Fsp3) is 0.125. The number of anilines is 1. The first-order valence-electron chi connectivity index (χ1n) is 7.10. The summed E-state index contributed by atoms with van der Waals surface area (Å²) in [5.41, 5.74) is -0.458. The maximum absolute atomic E-state index is 13.0. The first-order chi connectivity index (χ1) is 12.2. The van der Waals surface area contributed by atoms with Crippen molar-refractivity contribution < 1.29 is 23.6 Å². The molecule has 0 bridgehead atoms. The lowest BCUT2D eigenvalue weighted by Crippen LogP contribution is -2.30. The van der Waals surface area contributed by atoms with Crippen LogP contribution in [-0.2, 0) is 9.53 Å². The third kappa shape index (κ3) is 4.68. The number of benzene rings is 2. The van der Waals surface area contributed by atoms with E-state index in [1.165, 1.54) is 25.1 Å². The zero-order chi connectivity index (χ0) is 19.4. The van der Waals surface area contributed by atoms with Gasteiger partial charge in [0.1, 0.15) is 10.8 Å². The topological polar surface area (TPSA) is 98.5 Å². The molecule has 136 valence electrons. The minimum absolute atomic E-state index is 0.0230. The number of halogens is 3. The van der Waals surface area contributed by atoms with E-state index in [2.05, 4.69) is 5.32 Å². The summed E-state index contributed by atoms with van der Waals surface area (Å²) in [6.07, 6.45) is -1.24. The molecule has 0 radical (unpaired) electrons. The molecule has 0 saturated carbocycles. The Morgan fingerprint density at radius 1 is 1.19 bits per heavy atom. The van der Waals surface area contributed by atoms with E-state index in [9.17, 15) is 24.1 Å². The van der Waals surface area contributed by atoms with Crippen molar-refractivity contribution in [2.75, 3.05) is 5.32 Å². The molecule has 0 aromatic heterocycles. The van der Waals surface area contributed by atoms with Gasteiger partial charge in [0.2, 0.25) is 0 Å². The molecule has 7 nitrogen and oxygen atoms in total. The molecular formula is C16H11Cl2FN2O5. The van der Waals surface area contributed by atoms with Crippen molar-refractivity contribution in [1.29, 1.82) is 0 Å². The maximum Gasteiger partial charge on any atom is 0.339 e. The van der Waals surface area contributed by atoms with Crippen LogP contribution in [0, 0.1) is 15.9 Å². The number of nitrogens with zero attached hydrogens (tertiary/aromatic N) is 1. The second kappa shape index (κ2) is 8.11. The predicted octanol–water partition coefficient (Wildman–Crippen LogP) is 4.22. The Balaban J connectivity index is 2.07. The predicted molar refractivity (Wildman–Crippen MR) is 93.0 cm³/mol. The van der Waals surface area contributed by atoms with E-state index in [1.54, 1.807) is 0 Å². The second-order valence-corrected chi connectivity index (χ2v) is 5.90. The van der Waals surface area contributed by atoms with Crippen LogP contribution < -0.4 is 5.32 Å². The van der Waals surface area contributed by atoms with Crippen LogP contribution in [0.5, 0.6) is 0 Å². The van der Waals surface area contributed by atoms with E-state index < -0.39 is 34.4 Å². The van der Waals surface area contributed by atoms with Crippen molar-refractivity contribution in [3.8, 4) is 0 Å². The summed E-state index contributed by atoms with van der Waals surface area (Å²) in [7, 11) is 0. The number of carbonyl (C=O) groups is 2. The summed E-state index contributed by atoms with van der Waals surface area (Å²) in [5.74, 6) is -2.23. The Morgan fingerprint density at radius 2 is 1.88 bits per heavy atom. The molecular weight excluding hydrogens is 390 g/mol. The normalized spacial score (nSPS) is 11.5. The van der Waals surface area contributed by atoms with Crippen molar-refractivity contribution in [1.82, 2.24) is 0 Å². The van der Waals surface area contributed by atoms with Crippen LogP contribution in [0.3, 0.4) is 0 Å². The van der Waals surface area contributed by atoms with Gasteiger partial charge in [0.15, 0.2) is 6.10 Å². The number of hydrogen-bond donors (Lipinski definition) is 1. The number of amides is 1. The van der Waals surface area contributed by atoms with Gasteiger partial charge in [-0.25, -0.2) is 9.18 Å². The van der Waals surface area contributed by atoms with Gasteiger partial charge in [-0.2, -0.15) is 0 Å². The van der Waals surface area contributed by atoms with Crippen LogP contribution in [0.25, 0.3) is 0 Å². The van der Waals surface area contributed by atoms with E-state index >= 15 is 0 Å². The number of hydrogen-bond acceptors (Lipinski definition) is 5.